The smallest absolute Gasteiger partial charge is 0.175 e. The van der Waals surface area contributed by atoms with Gasteiger partial charge >= 0.3 is 0 Å². The average Bonchev–Trinajstić information content (AvgIpc) is 3.15. The molecule has 0 amide bonds. The van der Waals surface area contributed by atoms with Gasteiger partial charge in [-0.05, 0) is 91.5 Å². The molecule has 1 heterocycles. The van der Waals surface area contributed by atoms with E-state index in [9.17, 15) is 17.6 Å². The van der Waals surface area contributed by atoms with E-state index < -0.39 is 34.5 Å². The number of aromatic nitrogens is 1. The third kappa shape index (κ3) is 5.40. The van der Waals surface area contributed by atoms with Gasteiger partial charge in [-0.25, -0.2) is 17.6 Å². The Labute approximate surface area is 210 Å². The number of hydrogen-bond donors (Lipinski definition) is 0. The van der Waals surface area contributed by atoms with Crippen molar-refractivity contribution in [2.75, 3.05) is 0 Å². The van der Waals surface area contributed by atoms with Crippen LogP contribution in [0.25, 0.3) is 16.7 Å². The van der Waals surface area contributed by atoms with Crippen LogP contribution in [0.15, 0.2) is 23.8 Å². The summed E-state index contributed by atoms with van der Waals surface area (Å²) in [5.41, 5.74) is 2.15. The van der Waals surface area contributed by atoms with Crippen molar-refractivity contribution in [2.24, 2.45) is 7.05 Å². The fourth-order valence-electron chi connectivity index (χ4n) is 4.23. The van der Waals surface area contributed by atoms with Crippen LogP contribution in [-0.4, -0.2) is 15.8 Å². The average molecular weight is 506 g/mol. The molecule has 196 valence electrons. The number of fused-ring (bicyclic) bond motifs is 2. The molecule has 0 unspecified atom stereocenters. The Balaban J connectivity index is 0.000000202. The highest BCUT2D eigenvalue weighted by Gasteiger charge is 2.27. The van der Waals surface area contributed by atoms with Crippen LogP contribution in [0, 0.1) is 31.3 Å². The van der Waals surface area contributed by atoms with Crippen LogP contribution >= 0.6 is 0 Å². The molecule has 0 saturated carbocycles. The fraction of sp³-hybridized carbons (Fsp3) is 0.448. The summed E-state index contributed by atoms with van der Waals surface area (Å²) in [6.45, 7) is 16.2. The second-order valence-electron chi connectivity index (χ2n) is 11.3. The van der Waals surface area contributed by atoms with E-state index >= 15 is 0 Å². The molecule has 0 saturated heterocycles. The maximum absolute atomic E-state index is 14.5. The van der Waals surface area contributed by atoms with Gasteiger partial charge in [0.25, 0.3) is 0 Å². The minimum Gasteiger partial charge on any atom is -0.485 e. The quantitative estimate of drug-likeness (QED) is 0.326. The third-order valence-corrected chi connectivity index (χ3v) is 5.99. The van der Waals surface area contributed by atoms with E-state index in [2.05, 4.69) is 0 Å². The Bertz CT molecular complexity index is 1360. The Morgan fingerprint density at radius 3 is 1.92 bits per heavy atom. The van der Waals surface area contributed by atoms with E-state index in [0.717, 1.165) is 17.3 Å². The lowest BCUT2D eigenvalue weighted by molar-refractivity contribution is 0.124. The molecule has 4 rings (SSSR count). The highest BCUT2D eigenvalue weighted by atomic mass is 19.1. The molecule has 36 heavy (non-hydrogen) atoms. The van der Waals surface area contributed by atoms with Gasteiger partial charge in [-0.3, -0.25) is 0 Å². The molecule has 1 aliphatic rings. The van der Waals surface area contributed by atoms with Gasteiger partial charge in [-0.1, -0.05) is 6.07 Å². The number of nitrogens with zero attached hydrogens (tertiary/aromatic N) is 1. The standard InChI is InChI=1S/C15H19F2NO.C14H16F2O/c1-8-9(2)18(6)14-10(16)7-11(13(17)12(8)14)19-15(3,4)5;1-8-7-9-5-6-10(17-14(2,3)4)13(16)11(9)12(8)15/h7H,1-6H3;5-6H,7H2,1-4H3. The zero-order valence-electron chi connectivity index (χ0n) is 22.7. The summed E-state index contributed by atoms with van der Waals surface area (Å²) in [6, 6.07) is 4.43. The number of aryl methyl sites for hydroxylation is 2. The molecule has 1 aliphatic carbocycles. The first-order chi connectivity index (χ1) is 16.4. The second kappa shape index (κ2) is 9.49. The summed E-state index contributed by atoms with van der Waals surface area (Å²) < 4.78 is 69.3. The first-order valence-electron chi connectivity index (χ1n) is 11.9. The highest BCUT2D eigenvalue weighted by Crippen LogP contribution is 2.39. The van der Waals surface area contributed by atoms with E-state index in [1.54, 1.807) is 58.4 Å². The van der Waals surface area contributed by atoms with Crippen molar-refractivity contribution < 1.29 is 27.0 Å². The van der Waals surface area contributed by atoms with Crippen molar-refractivity contribution in [3.8, 4) is 11.5 Å². The number of halogens is 4. The predicted octanol–water partition coefficient (Wildman–Crippen LogP) is 8.51. The molecular weight excluding hydrogens is 470 g/mol. The lowest BCUT2D eigenvalue weighted by Gasteiger charge is -2.22. The van der Waals surface area contributed by atoms with Gasteiger partial charge in [-0.15, -0.1) is 0 Å². The Morgan fingerprint density at radius 1 is 0.806 bits per heavy atom. The molecule has 2 aromatic carbocycles. The fourth-order valence-corrected chi connectivity index (χ4v) is 4.23. The van der Waals surface area contributed by atoms with Crippen molar-refractivity contribution >= 4 is 16.7 Å². The van der Waals surface area contributed by atoms with Gasteiger partial charge < -0.3 is 14.0 Å². The van der Waals surface area contributed by atoms with Crippen molar-refractivity contribution in [2.45, 2.75) is 79.9 Å². The molecule has 1 aromatic heterocycles. The molecule has 0 atom stereocenters. The van der Waals surface area contributed by atoms with Crippen LogP contribution in [0.4, 0.5) is 17.6 Å². The Hall–Kier alpha value is -2.96. The van der Waals surface area contributed by atoms with Gasteiger partial charge in [0.1, 0.15) is 17.0 Å². The maximum Gasteiger partial charge on any atom is 0.175 e. The number of ether oxygens (including phenoxy) is 2. The first kappa shape index (κ1) is 27.6. The van der Waals surface area contributed by atoms with Gasteiger partial charge in [0.05, 0.1) is 11.1 Å². The highest BCUT2D eigenvalue weighted by molar-refractivity contribution is 5.88. The number of rotatable bonds is 2. The molecule has 3 nitrogen and oxygen atoms in total. The van der Waals surface area contributed by atoms with Crippen molar-refractivity contribution in [1.29, 1.82) is 0 Å². The summed E-state index contributed by atoms with van der Waals surface area (Å²) in [5.74, 6) is -1.92. The molecule has 0 spiro atoms. The van der Waals surface area contributed by atoms with Crippen LogP contribution in [0.2, 0.25) is 0 Å². The number of benzene rings is 2. The molecule has 0 aliphatic heterocycles. The summed E-state index contributed by atoms with van der Waals surface area (Å²) >= 11 is 0. The van der Waals surface area contributed by atoms with E-state index in [0.29, 0.717) is 22.9 Å². The lowest BCUT2D eigenvalue weighted by Crippen LogP contribution is -2.23. The van der Waals surface area contributed by atoms with Crippen LogP contribution in [0.3, 0.4) is 0 Å². The SMILES string of the molecule is CC1=C(F)c2c(ccc(OC(C)(C)C)c2F)C1.Cc1c(C)n(C)c2c(F)cc(OC(C)(C)C)c(F)c12. The second-order valence-corrected chi connectivity index (χ2v) is 11.3. The summed E-state index contributed by atoms with van der Waals surface area (Å²) in [6.07, 6.45) is 0.480. The zero-order chi connectivity index (χ0) is 27.3. The van der Waals surface area contributed by atoms with E-state index in [1.807, 2.05) is 27.7 Å². The van der Waals surface area contributed by atoms with Crippen molar-refractivity contribution in [3.05, 3.63) is 63.6 Å². The molecule has 0 N–H and O–H groups in total. The number of hydrogen-bond acceptors (Lipinski definition) is 2. The Morgan fingerprint density at radius 2 is 1.36 bits per heavy atom. The van der Waals surface area contributed by atoms with Gasteiger partial charge in [-0.2, -0.15) is 0 Å². The molecular formula is C29H35F4NO2. The van der Waals surface area contributed by atoms with Crippen LogP contribution < -0.4 is 9.47 Å². The van der Waals surface area contributed by atoms with E-state index in [4.69, 9.17) is 9.47 Å². The van der Waals surface area contributed by atoms with Crippen LogP contribution in [-0.2, 0) is 13.5 Å². The normalized spacial score (nSPS) is 13.6. The van der Waals surface area contributed by atoms with E-state index in [-0.39, 0.29) is 22.6 Å². The van der Waals surface area contributed by atoms with Gasteiger partial charge in [0.15, 0.2) is 29.0 Å². The summed E-state index contributed by atoms with van der Waals surface area (Å²) in [7, 11) is 1.73. The van der Waals surface area contributed by atoms with E-state index in [1.165, 1.54) is 0 Å². The van der Waals surface area contributed by atoms with Crippen molar-refractivity contribution in [1.82, 2.24) is 4.57 Å². The molecule has 3 aromatic rings. The molecule has 7 heteroatoms. The van der Waals surface area contributed by atoms with Gasteiger partial charge in [0.2, 0.25) is 0 Å². The van der Waals surface area contributed by atoms with Crippen molar-refractivity contribution in [3.63, 3.8) is 0 Å². The molecule has 0 fully saturated rings. The molecule has 0 bridgehead atoms. The topological polar surface area (TPSA) is 23.4 Å². The maximum atomic E-state index is 14.5. The monoisotopic (exact) mass is 505 g/mol. The first-order valence-corrected chi connectivity index (χ1v) is 11.9. The minimum atomic E-state index is -0.591. The Kier molecular flexibility index (Phi) is 7.28. The summed E-state index contributed by atoms with van der Waals surface area (Å²) in [5, 5.41) is 0.305. The minimum absolute atomic E-state index is 0.0359. The largest absolute Gasteiger partial charge is 0.485 e. The third-order valence-electron chi connectivity index (χ3n) is 5.99. The van der Waals surface area contributed by atoms with Crippen LogP contribution in [0.1, 0.15) is 70.9 Å². The lowest BCUT2D eigenvalue weighted by atomic mass is 10.1. The zero-order valence-corrected chi connectivity index (χ0v) is 22.7. The number of allylic oxidation sites excluding steroid dienone is 1. The van der Waals surface area contributed by atoms with Gasteiger partial charge in [0, 0.05) is 24.2 Å². The predicted molar refractivity (Wildman–Crippen MR) is 137 cm³/mol. The summed E-state index contributed by atoms with van der Waals surface area (Å²) in [4.78, 5) is 0. The molecule has 0 radical (unpaired) electrons. The van der Waals surface area contributed by atoms with Crippen LogP contribution in [0.5, 0.6) is 11.5 Å².